The summed E-state index contributed by atoms with van der Waals surface area (Å²) >= 11 is 0. The Morgan fingerprint density at radius 2 is 1.73 bits per heavy atom. The van der Waals surface area contributed by atoms with Gasteiger partial charge in [-0.25, -0.2) is 0 Å². The van der Waals surface area contributed by atoms with Gasteiger partial charge in [0.1, 0.15) is 0 Å². The monoisotopic (exact) mass is 548 g/mol. The minimum absolute atomic E-state index is 0.0234. The minimum Gasteiger partial charge on any atom is -0.387 e. The van der Waals surface area contributed by atoms with Crippen LogP contribution in [0.2, 0.25) is 0 Å². The number of carbonyl (C=O) groups is 2. The van der Waals surface area contributed by atoms with Gasteiger partial charge in [-0.3, -0.25) is 9.59 Å². The van der Waals surface area contributed by atoms with Crippen molar-refractivity contribution in [1.29, 1.82) is 5.26 Å². The van der Waals surface area contributed by atoms with Crippen molar-refractivity contribution in [3.05, 3.63) is 23.3 Å². The molecule has 0 radical (unpaired) electrons. The molecule has 1 aliphatic heterocycles. The fraction of sp³-hybridized carbons (Fsp3) is 0.794. The molecule has 3 saturated carbocycles. The second-order valence-corrected chi connectivity index (χ2v) is 15.7. The van der Waals surface area contributed by atoms with Crippen molar-refractivity contribution in [3.8, 4) is 6.07 Å². The Bertz CT molecular complexity index is 1220. The molecule has 0 aromatic heterocycles. The van der Waals surface area contributed by atoms with E-state index in [0.717, 1.165) is 50.5 Å². The van der Waals surface area contributed by atoms with E-state index in [9.17, 15) is 20.0 Å². The minimum atomic E-state index is -0.748. The molecule has 0 aromatic carbocycles. The highest BCUT2D eigenvalue weighted by Crippen LogP contribution is 2.74. The lowest BCUT2D eigenvalue weighted by atomic mass is 9.34. The maximum absolute atomic E-state index is 14.6. The number of fused-ring (bicyclic) bond motifs is 7. The number of carbonyl (C=O) groups excluding carboxylic acids is 2. The van der Waals surface area contributed by atoms with Crippen molar-refractivity contribution in [2.45, 2.75) is 92.6 Å². The third-order valence-corrected chi connectivity index (χ3v) is 13.4. The van der Waals surface area contributed by atoms with Crippen LogP contribution in [0.4, 0.5) is 0 Å². The molecule has 6 nitrogen and oxygen atoms in total. The van der Waals surface area contributed by atoms with E-state index in [0.29, 0.717) is 31.9 Å². The number of aliphatic hydroxyl groups excluding tert-OH is 1. The molecule has 6 aliphatic rings. The second-order valence-electron chi connectivity index (χ2n) is 15.7. The predicted molar refractivity (Wildman–Crippen MR) is 153 cm³/mol. The normalized spacial score (nSPS) is 47.9. The van der Waals surface area contributed by atoms with Gasteiger partial charge >= 0.3 is 0 Å². The molecule has 0 spiro atoms. The quantitative estimate of drug-likeness (QED) is 0.470. The number of amides is 1. The zero-order valence-electron chi connectivity index (χ0n) is 25.4. The van der Waals surface area contributed by atoms with Crippen molar-refractivity contribution in [3.63, 3.8) is 0 Å². The third kappa shape index (κ3) is 3.59. The third-order valence-electron chi connectivity index (χ3n) is 13.4. The average Bonchev–Trinajstić information content (AvgIpc) is 2.92. The fourth-order valence-corrected chi connectivity index (χ4v) is 10.9. The van der Waals surface area contributed by atoms with Gasteiger partial charge in [0, 0.05) is 24.4 Å². The lowest BCUT2D eigenvalue weighted by molar-refractivity contribution is -0.186. The maximum atomic E-state index is 14.6. The Labute approximate surface area is 240 Å². The number of rotatable bonds is 1. The summed E-state index contributed by atoms with van der Waals surface area (Å²) in [7, 11) is 0. The van der Waals surface area contributed by atoms with Crippen LogP contribution < -0.4 is 0 Å². The first-order valence-electron chi connectivity index (χ1n) is 15.7. The zero-order chi connectivity index (χ0) is 28.9. The lowest BCUT2D eigenvalue weighted by Crippen LogP contribution is -2.66. The molecular formula is C34H48N2O4. The molecule has 0 aromatic rings. The lowest BCUT2D eigenvalue weighted by Gasteiger charge is -2.68. The Balaban J connectivity index is 1.48. The molecule has 4 fully saturated rings. The highest BCUT2D eigenvalue weighted by molar-refractivity contribution is 5.96. The van der Waals surface area contributed by atoms with Gasteiger partial charge in [0.05, 0.1) is 36.4 Å². The molecule has 9 atom stereocenters. The van der Waals surface area contributed by atoms with E-state index in [4.69, 9.17) is 4.74 Å². The Morgan fingerprint density at radius 3 is 2.40 bits per heavy atom. The molecule has 1 N–H and O–H groups in total. The zero-order valence-corrected chi connectivity index (χ0v) is 25.4. The first-order valence-corrected chi connectivity index (χ1v) is 15.7. The van der Waals surface area contributed by atoms with Gasteiger partial charge in [0.2, 0.25) is 5.91 Å². The molecule has 40 heavy (non-hydrogen) atoms. The number of morpholine rings is 1. The summed E-state index contributed by atoms with van der Waals surface area (Å²) in [5.74, 6) is 0.426. The van der Waals surface area contributed by atoms with Crippen molar-refractivity contribution in [2.24, 2.45) is 50.7 Å². The first kappa shape index (κ1) is 28.2. The molecular weight excluding hydrogens is 500 g/mol. The first-order chi connectivity index (χ1) is 18.7. The van der Waals surface area contributed by atoms with Crippen LogP contribution in [0.25, 0.3) is 0 Å². The van der Waals surface area contributed by atoms with E-state index in [1.165, 1.54) is 0 Å². The van der Waals surface area contributed by atoms with E-state index < -0.39 is 16.9 Å². The molecule has 6 heteroatoms. The topological polar surface area (TPSA) is 90.6 Å². The van der Waals surface area contributed by atoms with Gasteiger partial charge < -0.3 is 14.7 Å². The smallest absolute Gasteiger partial charge is 0.229 e. The number of allylic oxidation sites excluding steroid dienone is 3. The van der Waals surface area contributed by atoms with Crippen LogP contribution in [0.3, 0.4) is 0 Å². The van der Waals surface area contributed by atoms with Crippen LogP contribution in [-0.2, 0) is 14.3 Å². The van der Waals surface area contributed by atoms with Gasteiger partial charge in [-0.05, 0) is 85.0 Å². The highest BCUT2D eigenvalue weighted by Gasteiger charge is 2.70. The average molecular weight is 549 g/mol. The molecule has 1 amide bonds. The van der Waals surface area contributed by atoms with Crippen molar-refractivity contribution in [1.82, 2.24) is 4.90 Å². The highest BCUT2D eigenvalue weighted by atomic mass is 16.5. The summed E-state index contributed by atoms with van der Waals surface area (Å²) < 4.78 is 5.58. The summed E-state index contributed by atoms with van der Waals surface area (Å²) in [4.78, 5) is 31.1. The molecule has 1 heterocycles. The van der Waals surface area contributed by atoms with Crippen LogP contribution in [0.5, 0.6) is 0 Å². The molecule has 3 unspecified atom stereocenters. The van der Waals surface area contributed by atoms with Crippen molar-refractivity contribution < 1.29 is 19.4 Å². The van der Waals surface area contributed by atoms with Crippen LogP contribution in [0.1, 0.15) is 86.5 Å². The molecule has 5 aliphatic carbocycles. The van der Waals surface area contributed by atoms with E-state index in [1.807, 2.05) is 17.1 Å². The van der Waals surface area contributed by atoms with Crippen LogP contribution in [0.15, 0.2) is 23.3 Å². The van der Waals surface area contributed by atoms with Gasteiger partial charge in [-0.1, -0.05) is 53.2 Å². The molecule has 6 rings (SSSR count). The summed E-state index contributed by atoms with van der Waals surface area (Å²) in [6.07, 6.45) is 9.60. The number of hydrogen-bond acceptors (Lipinski definition) is 5. The summed E-state index contributed by atoms with van der Waals surface area (Å²) in [5.41, 5.74) is 0.279. The van der Waals surface area contributed by atoms with E-state index in [-0.39, 0.29) is 51.6 Å². The standard InChI is InChI=1S/C34H48N2O4/c1-21-23-7-8-32(5)26(31(23,4)18-22(20-35)28(21)38)17-25(37)27-24-19-30(2,3)9-11-34(24,12-10-33(27,32)6)29(39)36-13-15-40-16-14-36/h17-18,21,23-24,27-28,38H,7-16,19H2,1-6H3/t21-,23-,24?,27?,28?,31-,32+,33+,34-/m0/s1. The number of nitriles is 1. The number of hydrogen-bond donors (Lipinski definition) is 1. The van der Waals surface area contributed by atoms with Crippen LogP contribution >= 0.6 is 0 Å². The van der Waals surface area contributed by atoms with Crippen LogP contribution in [-0.4, -0.2) is 54.1 Å². The van der Waals surface area contributed by atoms with E-state index in [1.54, 1.807) is 0 Å². The van der Waals surface area contributed by atoms with Gasteiger partial charge in [0.15, 0.2) is 5.78 Å². The Kier molecular flexibility index (Phi) is 6.35. The fourth-order valence-electron chi connectivity index (χ4n) is 10.9. The van der Waals surface area contributed by atoms with Crippen molar-refractivity contribution in [2.75, 3.05) is 26.3 Å². The number of aliphatic hydroxyl groups is 1. The maximum Gasteiger partial charge on any atom is 0.229 e. The van der Waals surface area contributed by atoms with Crippen molar-refractivity contribution >= 4 is 11.7 Å². The summed E-state index contributed by atoms with van der Waals surface area (Å²) in [6, 6.07) is 2.27. The molecule has 0 bridgehead atoms. The van der Waals surface area contributed by atoms with E-state index in [2.05, 4.69) is 47.6 Å². The molecule has 1 saturated heterocycles. The molecule has 218 valence electrons. The SMILES string of the molecule is C[C@@H]1C(O)C(C#N)=C[C@]2(C)C3=CC(=O)C4C5CC(C)(C)CC[C@]5(C(=O)N5CCOCC5)CC[C@@]4(C)[C@]3(C)CC[C@@H]12. The van der Waals surface area contributed by atoms with Gasteiger partial charge in [-0.15, -0.1) is 0 Å². The van der Waals surface area contributed by atoms with Crippen LogP contribution in [0, 0.1) is 62.1 Å². The van der Waals surface area contributed by atoms with Gasteiger partial charge in [-0.2, -0.15) is 5.26 Å². The largest absolute Gasteiger partial charge is 0.387 e. The Morgan fingerprint density at radius 1 is 1.05 bits per heavy atom. The van der Waals surface area contributed by atoms with E-state index >= 15 is 0 Å². The second kappa shape index (κ2) is 9.01. The predicted octanol–water partition coefficient (Wildman–Crippen LogP) is 5.47. The number of ether oxygens (including phenoxy) is 1. The summed E-state index contributed by atoms with van der Waals surface area (Å²) in [6.45, 7) is 16.1. The number of ketones is 1. The number of nitrogens with zero attached hydrogens (tertiary/aromatic N) is 2. The van der Waals surface area contributed by atoms with Gasteiger partial charge in [0.25, 0.3) is 0 Å². The summed E-state index contributed by atoms with van der Waals surface area (Å²) in [5, 5.41) is 20.8. The Hall–Kier alpha value is -1.97.